The average Bonchev–Trinajstić information content (AvgIpc) is 3.09. The van der Waals surface area contributed by atoms with E-state index in [0.29, 0.717) is 6.10 Å². The zero-order valence-electron chi connectivity index (χ0n) is 10.3. The van der Waals surface area contributed by atoms with Crippen molar-refractivity contribution < 1.29 is 4.84 Å². The molecule has 0 bridgehead atoms. The van der Waals surface area contributed by atoms with E-state index in [9.17, 15) is 0 Å². The maximum atomic E-state index is 5.67. The maximum absolute atomic E-state index is 5.67. The van der Waals surface area contributed by atoms with Crippen LogP contribution in [0.3, 0.4) is 0 Å². The first kappa shape index (κ1) is 11.2. The van der Waals surface area contributed by atoms with Gasteiger partial charge in [-0.2, -0.15) is 5.48 Å². The van der Waals surface area contributed by atoms with Crippen molar-refractivity contribution in [2.24, 2.45) is 0 Å². The van der Waals surface area contributed by atoms with Gasteiger partial charge >= 0.3 is 0 Å². The number of benzene rings is 1. The molecule has 0 radical (unpaired) electrons. The third-order valence-electron chi connectivity index (χ3n) is 3.83. The first-order valence-corrected chi connectivity index (χ1v) is 6.89. The number of nitrogens with one attached hydrogen (secondary N) is 1. The fourth-order valence-corrected chi connectivity index (χ4v) is 2.62. The Labute approximate surface area is 103 Å². The van der Waals surface area contributed by atoms with E-state index in [1.165, 1.54) is 49.7 Å². The summed E-state index contributed by atoms with van der Waals surface area (Å²) in [4.78, 5) is 5.67. The molecule has 0 spiro atoms. The standard InChI is InChI=1S/C15H21NO/c1-2-7-15(6-1)17-16-11-12-4-3-5-14(10-12)13-8-9-13/h3-5,10,13,15-16H,1-2,6-9,11H2. The summed E-state index contributed by atoms with van der Waals surface area (Å²) in [5.41, 5.74) is 5.98. The highest BCUT2D eigenvalue weighted by molar-refractivity contribution is 5.28. The van der Waals surface area contributed by atoms with Crippen LogP contribution in [0.5, 0.6) is 0 Å². The highest BCUT2D eigenvalue weighted by atomic mass is 16.7. The van der Waals surface area contributed by atoms with Crippen LogP contribution >= 0.6 is 0 Å². The molecule has 3 rings (SSSR count). The van der Waals surface area contributed by atoms with Crippen molar-refractivity contribution in [1.82, 2.24) is 5.48 Å². The van der Waals surface area contributed by atoms with Gasteiger partial charge in [0.1, 0.15) is 0 Å². The number of hydrogen-bond donors (Lipinski definition) is 1. The van der Waals surface area contributed by atoms with Crippen molar-refractivity contribution in [2.45, 2.75) is 57.1 Å². The van der Waals surface area contributed by atoms with Crippen LogP contribution in [0.1, 0.15) is 55.6 Å². The van der Waals surface area contributed by atoms with Gasteiger partial charge in [-0.3, -0.25) is 4.84 Å². The predicted octanol–water partition coefficient (Wildman–Crippen LogP) is 3.53. The number of hydroxylamine groups is 1. The third kappa shape index (κ3) is 3.08. The smallest absolute Gasteiger partial charge is 0.0790 e. The lowest BCUT2D eigenvalue weighted by atomic mass is 10.1. The lowest BCUT2D eigenvalue weighted by Crippen LogP contribution is -2.21. The molecule has 2 aliphatic carbocycles. The van der Waals surface area contributed by atoms with E-state index in [-0.39, 0.29) is 0 Å². The molecule has 0 heterocycles. The highest BCUT2D eigenvalue weighted by Gasteiger charge is 2.23. The van der Waals surface area contributed by atoms with Crippen LogP contribution < -0.4 is 5.48 Å². The Morgan fingerprint density at radius 3 is 2.71 bits per heavy atom. The van der Waals surface area contributed by atoms with Crippen molar-refractivity contribution in [2.75, 3.05) is 0 Å². The van der Waals surface area contributed by atoms with Crippen LogP contribution in [-0.2, 0) is 11.4 Å². The summed E-state index contributed by atoms with van der Waals surface area (Å²) in [6.07, 6.45) is 8.27. The van der Waals surface area contributed by atoms with E-state index in [0.717, 1.165) is 12.5 Å². The molecule has 2 aliphatic rings. The Bertz CT molecular complexity index is 367. The molecule has 92 valence electrons. The first-order chi connectivity index (χ1) is 8.42. The van der Waals surface area contributed by atoms with E-state index < -0.39 is 0 Å². The molecule has 2 fully saturated rings. The van der Waals surface area contributed by atoms with Crippen LogP contribution in [0.15, 0.2) is 24.3 Å². The lowest BCUT2D eigenvalue weighted by molar-refractivity contribution is -0.0244. The van der Waals surface area contributed by atoms with Gasteiger partial charge in [0, 0.05) is 6.54 Å². The Morgan fingerprint density at radius 2 is 1.94 bits per heavy atom. The largest absolute Gasteiger partial charge is 0.298 e. The summed E-state index contributed by atoms with van der Waals surface area (Å²) < 4.78 is 0. The van der Waals surface area contributed by atoms with Crippen LogP contribution in [-0.4, -0.2) is 6.10 Å². The van der Waals surface area contributed by atoms with Crippen LogP contribution in [0, 0.1) is 0 Å². The number of hydrogen-bond acceptors (Lipinski definition) is 2. The monoisotopic (exact) mass is 231 g/mol. The number of rotatable bonds is 5. The molecule has 0 unspecified atom stereocenters. The van der Waals surface area contributed by atoms with E-state index in [1.54, 1.807) is 0 Å². The second kappa shape index (κ2) is 5.19. The quantitative estimate of drug-likeness (QED) is 0.783. The van der Waals surface area contributed by atoms with Gasteiger partial charge in [0.15, 0.2) is 0 Å². The van der Waals surface area contributed by atoms with Crippen LogP contribution in [0.4, 0.5) is 0 Å². The van der Waals surface area contributed by atoms with Gasteiger partial charge in [-0.05, 0) is 42.7 Å². The molecule has 17 heavy (non-hydrogen) atoms. The Hall–Kier alpha value is -0.860. The normalized spacial score (nSPS) is 20.9. The van der Waals surface area contributed by atoms with E-state index in [1.807, 2.05) is 0 Å². The van der Waals surface area contributed by atoms with Gasteiger partial charge in [0.25, 0.3) is 0 Å². The Balaban J connectivity index is 1.48. The second-order valence-electron chi connectivity index (χ2n) is 5.36. The molecular weight excluding hydrogens is 210 g/mol. The fraction of sp³-hybridized carbons (Fsp3) is 0.600. The third-order valence-corrected chi connectivity index (χ3v) is 3.83. The summed E-state index contributed by atoms with van der Waals surface area (Å²) in [7, 11) is 0. The van der Waals surface area contributed by atoms with Crippen molar-refractivity contribution in [3.63, 3.8) is 0 Å². The summed E-state index contributed by atoms with van der Waals surface area (Å²) in [5.74, 6) is 0.839. The van der Waals surface area contributed by atoms with E-state index >= 15 is 0 Å². The highest BCUT2D eigenvalue weighted by Crippen LogP contribution is 2.40. The summed E-state index contributed by atoms with van der Waals surface area (Å²) >= 11 is 0. The zero-order valence-corrected chi connectivity index (χ0v) is 10.3. The summed E-state index contributed by atoms with van der Waals surface area (Å²) in [5, 5.41) is 0. The lowest BCUT2D eigenvalue weighted by Gasteiger charge is -2.12. The molecule has 1 aromatic carbocycles. The molecule has 2 heteroatoms. The minimum atomic E-state index is 0.446. The molecule has 2 saturated carbocycles. The summed E-state index contributed by atoms with van der Waals surface area (Å²) in [6.45, 7) is 0.830. The minimum absolute atomic E-state index is 0.446. The minimum Gasteiger partial charge on any atom is -0.298 e. The molecule has 0 aromatic heterocycles. The van der Waals surface area contributed by atoms with Gasteiger partial charge in [-0.15, -0.1) is 0 Å². The van der Waals surface area contributed by atoms with E-state index in [4.69, 9.17) is 4.84 Å². The van der Waals surface area contributed by atoms with Gasteiger partial charge in [-0.1, -0.05) is 37.1 Å². The van der Waals surface area contributed by atoms with Crippen molar-refractivity contribution >= 4 is 0 Å². The second-order valence-corrected chi connectivity index (χ2v) is 5.36. The van der Waals surface area contributed by atoms with Crippen LogP contribution in [0.2, 0.25) is 0 Å². The van der Waals surface area contributed by atoms with Crippen molar-refractivity contribution in [3.8, 4) is 0 Å². The van der Waals surface area contributed by atoms with Gasteiger partial charge in [0.2, 0.25) is 0 Å². The Morgan fingerprint density at radius 1 is 1.12 bits per heavy atom. The molecular formula is C15H21NO. The first-order valence-electron chi connectivity index (χ1n) is 6.89. The predicted molar refractivity (Wildman–Crippen MR) is 68.6 cm³/mol. The zero-order chi connectivity index (χ0) is 11.5. The summed E-state index contributed by atoms with van der Waals surface area (Å²) in [6, 6.07) is 8.92. The van der Waals surface area contributed by atoms with E-state index in [2.05, 4.69) is 29.7 Å². The fourth-order valence-electron chi connectivity index (χ4n) is 2.62. The topological polar surface area (TPSA) is 21.3 Å². The molecule has 0 atom stereocenters. The molecule has 0 saturated heterocycles. The Kier molecular flexibility index (Phi) is 3.44. The van der Waals surface area contributed by atoms with Gasteiger partial charge in [0.05, 0.1) is 6.10 Å². The molecule has 1 N–H and O–H groups in total. The van der Waals surface area contributed by atoms with Crippen molar-refractivity contribution in [3.05, 3.63) is 35.4 Å². The average molecular weight is 231 g/mol. The molecule has 0 aliphatic heterocycles. The van der Waals surface area contributed by atoms with Crippen molar-refractivity contribution in [1.29, 1.82) is 0 Å². The molecule has 1 aromatic rings. The van der Waals surface area contributed by atoms with Gasteiger partial charge in [-0.25, -0.2) is 0 Å². The SMILES string of the molecule is c1cc(CNOC2CCCC2)cc(C2CC2)c1. The maximum Gasteiger partial charge on any atom is 0.0790 e. The van der Waals surface area contributed by atoms with Gasteiger partial charge < -0.3 is 0 Å². The molecule has 2 nitrogen and oxygen atoms in total. The van der Waals surface area contributed by atoms with Crippen LogP contribution in [0.25, 0.3) is 0 Å². The molecule has 0 amide bonds.